The van der Waals surface area contributed by atoms with Crippen molar-refractivity contribution in [2.75, 3.05) is 33.4 Å². The minimum absolute atomic E-state index is 0.861. The van der Waals surface area contributed by atoms with Gasteiger partial charge < -0.3 is 14.2 Å². The van der Waals surface area contributed by atoms with E-state index in [0.29, 0.717) is 0 Å². The number of rotatable bonds is 6. The van der Waals surface area contributed by atoms with Crippen LogP contribution in [0.1, 0.15) is 19.3 Å². The van der Waals surface area contributed by atoms with Gasteiger partial charge in [-0.05, 0) is 55.8 Å². The number of piperidine rings is 1. The molecule has 1 aromatic heterocycles. The van der Waals surface area contributed by atoms with Crippen LogP contribution in [0.2, 0.25) is 0 Å². The fraction of sp³-hybridized carbons (Fsp3) is 0.556. The molecule has 0 aliphatic carbocycles. The molecule has 3 rings (SSSR count). The number of hydrogen-bond acceptors (Lipinski definition) is 2. The van der Waals surface area contributed by atoms with Crippen LogP contribution in [0.15, 0.2) is 36.5 Å². The average molecular weight is 286 g/mol. The number of para-hydroxylation sites is 1. The number of aromatic nitrogens is 1. The van der Waals surface area contributed by atoms with E-state index in [4.69, 9.17) is 4.74 Å². The van der Waals surface area contributed by atoms with Crippen molar-refractivity contribution in [3.05, 3.63) is 36.5 Å². The quantitative estimate of drug-likeness (QED) is 0.810. The maximum atomic E-state index is 5.16. The molecule has 0 saturated carbocycles. The van der Waals surface area contributed by atoms with E-state index in [2.05, 4.69) is 46.0 Å². The van der Waals surface area contributed by atoms with Gasteiger partial charge in [-0.25, -0.2) is 0 Å². The molecule has 114 valence electrons. The zero-order chi connectivity index (χ0) is 14.5. The first-order chi connectivity index (χ1) is 10.4. The Morgan fingerprint density at radius 1 is 1.10 bits per heavy atom. The Morgan fingerprint density at radius 2 is 1.90 bits per heavy atom. The first kappa shape index (κ1) is 14.6. The van der Waals surface area contributed by atoms with Crippen LogP contribution < -0.4 is 0 Å². The molecule has 2 aromatic rings. The monoisotopic (exact) mass is 286 g/mol. The Kier molecular flexibility index (Phi) is 4.94. The van der Waals surface area contributed by atoms with Crippen LogP contribution in [0.3, 0.4) is 0 Å². The van der Waals surface area contributed by atoms with E-state index in [-0.39, 0.29) is 0 Å². The number of fused-ring (bicyclic) bond motifs is 1. The fourth-order valence-corrected chi connectivity index (χ4v) is 3.38. The number of aryl methyl sites for hydroxylation is 1. The maximum absolute atomic E-state index is 5.16. The lowest BCUT2D eigenvalue weighted by Gasteiger charge is -2.31. The molecule has 0 atom stereocenters. The molecule has 21 heavy (non-hydrogen) atoms. The topological polar surface area (TPSA) is 17.4 Å². The zero-order valence-electron chi connectivity index (χ0n) is 13.0. The van der Waals surface area contributed by atoms with E-state index in [1.165, 1.54) is 43.3 Å². The molecule has 0 unspecified atom stereocenters. The molecule has 0 spiro atoms. The predicted molar refractivity (Wildman–Crippen MR) is 87.6 cm³/mol. The van der Waals surface area contributed by atoms with Crippen LogP contribution >= 0.6 is 0 Å². The third-order valence-corrected chi connectivity index (χ3v) is 4.78. The van der Waals surface area contributed by atoms with Crippen molar-refractivity contribution in [2.45, 2.75) is 25.8 Å². The van der Waals surface area contributed by atoms with E-state index >= 15 is 0 Å². The number of nitrogens with zero attached hydrogens (tertiary/aromatic N) is 2. The van der Waals surface area contributed by atoms with Crippen LogP contribution in [-0.4, -0.2) is 42.8 Å². The zero-order valence-corrected chi connectivity index (χ0v) is 13.0. The van der Waals surface area contributed by atoms with Crippen molar-refractivity contribution in [3.8, 4) is 0 Å². The highest BCUT2D eigenvalue weighted by atomic mass is 16.5. The molecular formula is C18H26N2O. The molecular weight excluding hydrogens is 260 g/mol. The van der Waals surface area contributed by atoms with Crippen molar-refractivity contribution in [2.24, 2.45) is 5.92 Å². The number of hydrogen-bond donors (Lipinski definition) is 0. The first-order valence-electron chi connectivity index (χ1n) is 8.12. The summed E-state index contributed by atoms with van der Waals surface area (Å²) in [6, 6.07) is 10.9. The molecule has 1 aliphatic rings. The molecule has 1 aromatic carbocycles. The normalized spacial score (nSPS) is 17.6. The molecule has 1 fully saturated rings. The largest absolute Gasteiger partial charge is 0.383 e. The van der Waals surface area contributed by atoms with E-state index in [1.807, 2.05) is 0 Å². The number of benzene rings is 1. The number of ether oxygens (including phenoxy) is 1. The second kappa shape index (κ2) is 7.10. The van der Waals surface area contributed by atoms with Crippen LogP contribution in [0.5, 0.6) is 0 Å². The standard InChI is InChI=1S/C18H26N2O/c1-21-15-14-19-10-6-16(7-11-19)8-12-20-13-9-17-4-2-3-5-18(17)20/h2-5,9,13,16H,6-8,10-12,14-15H2,1H3. The Labute approximate surface area is 127 Å². The molecule has 1 saturated heterocycles. The number of methoxy groups -OCH3 is 1. The van der Waals surface area contributed by atoms with Gasteiger partial charge in [-0.3, -0.25) is 0 Å². The molecule has 0 bridgehead atoms. The Hall–Kier alpha value is -1.32. The SMILES string of the molecule is COCCN1CCC(CCn2ccc3ccccc32)CC1. The van der Waals surface area contributed by atoms with Crippen LogP contribution in [0.4, 0.5) is 0 Å². The van der Waals surface area contributed by atoms with Crippen molar-refractivity contribution in [3.63, 3.8) is 0 Å². The third-order valence-electron chi connectivity index (χ3n) is 4.78. The first-order valence-corrected chi connectivity index (χ1v) is 8.12. The smallest absolute Gasteiger partial charge is 0.0589 e. The van der Waals surface area contributed by atoms with Gasteiger partial charge in [-0.15, -0.1) is 0 Å². The summed E-state index contributed by atoms with van der Waals surface area (Å²) in [5.41, 5.74) is 1.37. The Morgan fingerprint density at radius 3 is 2.71 bits per heavy atom. The van der Waals surface area contributed by atoms with Crippen molar-refractivity contribution >= 4 is 10.9 Å². The lowest BCUT2D eigenvalue weighted by molar-refractivity contribution is 0.117. The lowest BCUT2D eigenvalue weighted by Crippen LogP contribution is -2.36. The van der Waals surface area contributed by atoms with Gasteiger partial charge in [0.2, 0.25) is 0 Å². The second-order valence-corrected chi connectivity index (χ2v) is 6.13. The molecule has 2 heterocycles. The van der Waals surface area contributed by atoms with Crippen molar-refractivity contribution in [1.82, 2.24) is 9.47 Å². The van der Waals surface area contributed by atoms with Crippen LogP contribution in [0, 0.1) is 5.92 Å². The average Bonchev–Trinajstić information content (AvgIpc) is 2.95. The highest BCUT2D eigenvalue weighted by Crippen LogP contribution is 2.23. The van der Waals surface area contributed by atoms with Crippen molar-refractivity contribution in [1.29, 1.82) is 0 Å². The Balaban J connectivity index is 1.48. The summed E-state index contributed by atoms with van der Waals surface area (Å²) in [5, 5.41) is 1.35. The summed E-state index contributed by atoms with van der Waals surface area (Å²) in [7, 11) is 1.79. The number of likely N-dealkylation sites (tertiary alicyclic amines) is 1. The summed E-state index contributed by atoms with van der Waals surface area (Å²) in [5.74, 6) is 0.880. The summed E-state index contributed by atoms with van der Waals surface area (Å²) in [6.07, 6.45) is 6.21. The lowest BCUT2D eigenvalue weighted by atomic mass is 9.93. The van der Waals surface area contributed by atoms with E-state index in [9.17, 15) is 0 Å². The Bertz CT molecular complexity index is 555. The molecule has 0 N–H and O–H groups in total. The van der Waals surface area contributed by atoms with Crippen molar-refractivity contribution < 1.29 is 4.74 Å². The van der Waals surface area contributed by atoms with E-state index in [0.717, 1.165) is 25.6 Å². The summed E-state index contributed by atoms with van der Waals surface area (Å²) in [4.78, 5) is 2.53. The van der Waals surface area contributed by atoms with Gasteiger partial charge in [-0.1, -0.05) is 18.2 Å². The minimum Gasteiger partial charge on any atom is -0.383 e. The van der Waals surface area contributed by atoms with Gasteiger partial charge >= 0.3 is 0 Å². The van der Waals surface area contributed by atoms with Gasteiger partial charge in [0.05, 0.1) is 6.61 Å². The van der Waals surface area contributed by atoms with E-state index < -0.39 is 0 Å². The summed E-state index contributed by atoms with van der Waals surface area (Å²) in [6.45, 7) is 5.57. The summed E-state index contributed by atoms with van der Waals surface area (Å²) < 4.78 is 7.57. The van der Waals surface area contributed by atoms with E-state index in [1.54, 1.807) is 7.11 Å². The van der Waals surface area contributed by atoms with Crippen LogP contribution in [-0.2, 0) is 11.3 Å². The molecule has 0 radical (unpaired) electrons. The minimum atomic E-state index is 0.861. The maximum Gasteiger partial charge on any atom is 0.0589 e. The molecule has 0 amide bonds. The highest BCUT2D eigenvalue weighted by molar-refractivity contribution is 5.79. The molecule has 3 heteroatoms. The van der Waals surface area contributed by atoms with Crippen LogP contribution in [0.25, 0.3) is 10.9 Å². The second-order valence-electron chi connectivity index (χ2n) is 6.13. The van der Waals surface area contributed by atoms with Gasteiger partial charge in [0.15, 0.2) is 0 Å². The van der Waals surface area contributed by atoms with Gasteiger partial charge in [0, 0.05) is 31.9 Å². The molecule has 1 aliphatic heterocycles. The summed E-state index contributed by atoms with van der Waals surface area (Å²) >= 11 is 0. The molecule has 3 nitrogen and oxygen atoms in total. The predicted octanol–water partition coefficient (Wildman–Crippen LogP) is 3.39. The fourth-order valence-electron chi connectivity index (χ4n) is 3.38. The van der Waals surface area contributed by atoms with Gasteiger partial charge in [0.1, 0.15) is 0 Å². The third kappa shape index (κ3) is 3.66. The van der Waals surface area contributed by atoms with Gasteiger partial charge in [0.25, 0.3) is 0 Å². The highest BCUT2D eigenvalue weighted by Gasteiger charge is 2.18. The van der Waals surface area contributed by atoms with Gasteiger partial charge in [-0.2, -0.15) is 0 Å².